The Balaban J connectivity index is 2.57. The summed E-state index contributed by atoms with van der Waals surface area (Å²) in [5, 5.41) is 6.30. The minimum absolute atomic E-state index is 0.298. The van der Waals surface area contributed by atoms with Crippen LogP contribution in [0.1, 0.15) is 6.92 Å². The standard InChI is InChI=1S/C10H17N3O/c1-8(7-14-3)13-9-4-5-12-10(6-9)11-2/h4-6,8H,7H2,1-3H3,(H2,11,12,13). The lowest BCUT2D eigenvalue weighted by Gasteiger charge is -2.14. The molecule has 0 saturated carbocycles. The smallest absolute Gasteiger partial charge is 0.127 e. The summed E-state index contributed by atoms with van der Waals surface area (Å²) < 4.78 is 5.04. The van der Waals surface area contributed by atoms with Crippen molar-refractivity contribution in [2.45, 2.75) is 13.0 Å². The first-order valence-corrected chi connectivity index (χ1v) is 4.65. The van der Waals surface area contributed by atoms with Crippen LogP contribution in [0.3, 0.4) is 0 Å². The molecule has 0 bridgehead atoms. The number of pyridine rings is 1. The summed E-state index contributed by atoms with van der Waals surface area (Å²) in [7, 11) is 3.55. The number of rotatable bonds is 5. The largest absolute Gasteiger partial charge is 0.383 e. The van der Waals surface area contributed by atoms with Gasteiger partial charge in [-0.1, -0.05) is 0 Å². The van der Waals surface area contributed by atoms with E-state index in [4.69, 9.17) is 4.74 Å². The van der Waals surface area contributed by atoms with E-state index in [0.29, 0.717) is 12.6 Å². The number of aromatic nitrogens is 1. The van der Waals surface area contributed by atoms with Crippen molar-refractivity contribution in [3.8, 4) is 0 Å². The Hall–Kier alpha value is -1.29. The van der Waals surface area contributed by atoms with Crippen LogP contribution in [0.25, 0.3) is 0 Å². The fraction of sp³-hybridized carbons (Fsp3) is 0.500. The molecule has 0 aliphatic heterocycles. The average Bonchev–Trinajstić information content (AvgIpc) is 2.18. The lowest BCUT2D eigenvalue weighted by Crippen LogP contribution is -2.20. The third-order valence-corrected chi connectivity index (χ3v) is 1.85. The summed E-state index contributed by atoms with van der Waals surface area (Å²) in [6.45, 7) is 2.76. The number of methoxy groups -OCH3 is 1. The maximum atomic E-state index is 5.04. The molecular formula is C10H17N3O. The van der Waals surface area contributed by atoms with Crippen molar-refractivity contribution in [1.82, 2.24) is 4.98 Å². The van der Waals surface area contributed by atoms with Crippen LogP contribution in [-0.2, 0) is 4.74 Å². The molecule has 1 atom stereocenters. The third-order valence-electron chi connectivity index (χ3n) is 1.85. The van der Waals surface area contributed by atoms with E-state index in [1.165, 1.54) is 0 Å². The zero-order chi connectivity index (χ0) is 10.4. The number of hydrogen-bond acceptors (Lipinski definition) is 4. The number of anilines is 2. The predicted molar refractivity (Wildman–Crippen MR) is 58.7 cm³/mol. The molecule has 1 rings (SSSR count). The minimum atomic E-state index is 0.298. The lowest BCUT2D eigenvalue weighted by molar-refractivity contribution is 0.190. The van der Waals surface area contributed by atoms with Crippen LogP contribution >= 0.6 is 0 Å². The van der Waals surface area contributed by atoms with Crippen molar-refractivity contribution in [2.75, 3.05) is 31.4 Å². The van der Waals surface area contributed by atoms with Crippen molar-refractivity contribution < 1.29 is 4.74 Å². The Morgan fingerprint density at radius 1 is 1.57 bits per heavy atom. The summed E-state index contributed by atoms with van der Waals surface area (Å²) >= 11 is 0. The molecule has 78 valence electrons. The van der Waals surface area contributed by atoms with E-state index in [1.807, 2.05) is 19.2 Å². The fourth-order valence-corrected chi connectivity index (χ4v) is 1.23. The average molecular weight is 195 g/mol. The molecule has 14 heavy (non-hydrogen) atoms. The van der Waals surface area contributed by atoms with Gasteiger partial charge < -0.3 is 15.4 Å². The van der Waals surface area contributed by atoms with Crippen molar-refractivity contribution in [3.63, 3.8) is 0 Å². The van der Waals surface area contributed by atoms with Gasteiger partial charge in [-0.05, 0) is 13.0 Å². The second-order valence-corrected chi connectivity index (χ2v) is 3.18. The van der Waals surface area contributed by atoms with E-state index < -0.39 is 0 Å². The van der Waals surface area contributed by atoms with Gasteiger partial charge in [0.05, 0.1) is 6.61 Å². The van der Waals surface area contributed by atoms with Crippen LogP contribution in [0.5, 0.6) is 0 Å². The monoisotopic (exact) mass is 195 g/mol. The van der Waals surface area contributed by atoms with Gasteiger partial charge in [0.25, 0.3) is 0 Å². The van der Waals surface area contributed by atoms with E-state index in [9.17, 15) is 0 Å². The number of nitrogens with one attached hydrogen (secondary N) is 2. The molecule has 0 aliphatic carbocycles. The molecule has 4 nitrogen and oxygen atoms in total. The molecule has 0 fully saturated rings. The SMILES string of the molecule is CNc1cc(NC(C)COC)ccn1. The van der Waals surface area contributed by atoms with E-state index >= 15 is 0 Å². The zero-order valence-electron chi connectivity index (χ0n) is 8.87. The van der Waals surface area contributed by atoms with Gasteiger partial charge in [-0.2, -0.15) is 0 Å². The van der Waals surface area contributed by atoms with Crippen molar-refractivity contribution in [1.29, 1.82) is 0 Å². The highest BCUT2D eigenvalue weighted by molar-refractivity contribution is 5.51. The van der Waals surface area contributed by atoms with Gasteiger partial charge >= 0.3 is 0 Å². The second-order valence-electron chi connectivity index (χ2n) is 3.18. The molecule has 0 saturated heterocycles. The maximum Gasteiger partial charge on any atom is 0.127 e. The van der Waals surface area contributed by atoms with E-state index in [-0.39, 0.29) is 0 Å². The summed E-state index contributed by atoms with van der Waals surface area (Å²) in [4.78, 5) is 4.13. The van der Waals surface area contributed by atoms with Gasteiger partial charge in [0, 0.05) is 38.1 Å². The molecular weight excluding hydrogens is 178 g/mol. The van der Waals surface area contributed by atoms with Crippen LogP contribution in [-0.4, -0.2) is 31.8 Å². The van der Waals surface area contributed by atoms with Crippen LogP contribution in [0.15, 0.2) is 18.3 Å². The molecule has 0 aromatic carbocycles. The topological polar surface area (TPSA) is 46.2 Å². The normalized spacial score (nSPS) is 12.2. The molecule has 0 spiro atoms. The highest BCUT2D eigenvalue weighted by atomic mass is 16.5. The summed E-state index contributed by atoms with van der Waals surface area (Å²) in [6, 6.07) is 4.20. The Kier molecular flexibility index (Phi) is 4.19. The van der Waals surface area contributed by atoms with E-state index in [1.54, 1.807) is 13.3 Å². The Labute approximate surface area is 84.7 Å². The third kappa shape index (κ3) is 3.22. The fourth-order valence-electron chi connectivity index (χ4n) is 1.23. The molecule has 1 aromatic heterocycles. The summed E-state index contributed by atoms with van der Waals surface area (Å²) in [6.07, 6.45) is 1.77. The molecule has 1 aromatic rings. The van der Waals surface area contributed by atoms with E-state index in [0.717, 1.165) is 11.5 Å². The Morgan fingerprint density at radius 2 is 2.36 bits per heavy atom. The predicted octanol–water partition coefficient (Wildman–Crippen LogP) is 1.57. The second kappa shape index (κ2) is 5.44. The Bertz CT molecular complexity index is 278. The van der Waals surface area contributed by atoms with Crippen LogP contribution in [0, 0.1) is 0 Å². The van der Waals surface area contributed by atoms with Gasteiger partial charge in [-0.25, -0.2) is 4.98 Å². The van der Waals surface area contributed by atoms with Gasteiger partial charge in [0.2, 0.25) is 0 Å². The first-order valence-electron chi connectivity index (χ1n) is 4.65. The van der Waals surface area contributed by atoms with Crippen LogP contribution in [0.4, 0.5) is 11.5 Å². The van der Waals surface area contributed by atoms with Gasteiger partial charge in [0.1, 0.15) is 5.82 Å². The summed E-state index contributed by atoms with van der Waals surface area (Å²) in [5.74, 6) is 0.861. The van der Waals surface area contributed by atoms with Gasteiger partial charge in [-0.15, -0.1) is 0 Å². The highest BCUT2D eigenvalue weighted by Gasteiger charge is 2.01. The number of ether oxygens (including phenoxy) is 1. The molecule has 1 heterocycles. The zero-order valence-corrected chi connectivity index (χ0v) is 8.87. The van der Waals surface area contributed by atoms with E-state index in [2.05, 4.69) is 22.5 Å². The molecule has 0 radical (unpaired) electrons. The molecule has 1 unspecified atom stereocenters. The van der Waals surface area contributed by atoms with Crippen LogP contribution in [0.2, 0.25) is 0 Å². The Morgan fingerprint density at radius 3 is 3.00 bits per heavy atom. The first kappa shape index (κ1) is 10.8. The number of nitrogens with zero attached hydrogens (tertiary/aromatic N) is 1. The summed E-state index contributed by atoms with van der Waals surface area (Å²) in [5.41, 5.74) is 1.05. The lowest BCUT2D eigenvalue weighted by atomic mass is 10.3. The van der Waals surface area contributed by atoms with Crippen molar-refractivity contribution in [2.24, 2.45) is 0 Å². The van der Waals surface area contributed by atoms with Gasteiger partial charge in [-0.3, -0.25) is 0 Å². The molecule has 2 N–H and O–H groups in total. The van der Waals surface area contributed by atoms with Gasteiger partial charge in [0.15, 0.2) is 0 Å². The molecule has 0 aliphatic rings. The molecule has 4 heteroatoms. The van der Waals surface area contributed by atoms with Crippen molar-refractivity contribution in [3.05, 3.63) is 18.3 Å². The minimum Gasteiger partial charge on any atom is -0.383 e. The highest BCUT2D eigenvalue weighted by Crippen LogP contribution is 2.12. The number of hydrogen-bond donors (Lipinski definition) is 2. The van der Waals surface area contributed by atoms with Crippen LogP contribution < -0.4 is 10.6 Å². The quantitative estimate of drug-likeness (QED) is 0.748. The maximum absolute atomic E-state index is 5.04. The first-order chi connectivity index (χ1) is 6.76. The molecule has 0 amide bonds. The van der Waals surface area contributed by atoms with Crippen molar-refractivity contribution >= 4 is 11.5 Å².